The van der Waals surface area contributed by atoms with Crippen molar-refractivity contribution in [3.63, 3.8) is 0 Å². The number of carbonyl (C=O) groups is 3. The van der Waals surface area contributed by atoms with Gasteiger partial charge < -0.3 is 19.3 Å². The van der Waals surface area contributed by atoms with E-state index in [0.717, 1.165) is 16.8 Å². The van der Waals surface area contributed by atoms with Crippen molar-refractivity contribution in [1.82, 2.24) is 14.8 Å². The quantitative estimate of drug-likeness (QED) is 0.451. The first-order valence-corrected chi connectivity index (χ1v) is 13.0. The van der Waals surface area contributed by atoms with E-state index < -0.39 is 22.8 Å². The van der Waals surface area contributed by atoms with Gasteiger partial charge in [0.2, 0.25) is 5.91 Å². The number of nitrogens with zero attached hydrogens (tertiary/aromatic N) is 3. The van der Waals surface area contributed by atoms with Crippen molar-refractivity contribution in [3.8, 4) is 11.3 Å². The molecule has 0 aliphatic carbocycles. The van der Waals surface area contributed by atoms with E-state index in [9.17, 15) is 19.5 Å². The molecule has 0 atom stereocenters. The minimum Gasteiger partial charge on any atom is -0.481 e. The largest absolute Gasteiger partial charge is 0.481 e. The molecule has 1 aromatic carbocycles. The van der Waals surface area contributed by atoms with Crippen LogP contribution in [-0.2, 0) is 15.0 Å². The van der Waals surface area contributed by atoms with E-state index in [4.69, 9.17) is 21.0 Å². The smallest absolute Gasteiger partial charge is 0.310 e. The standard InChI is InChI=1S/C29H34ClN3O5/c1-27(2,3)19-14-20(17-8-10-18(30)11-9-17)31-21-15-22(38-23(19)21)24(34)33-13-12-32(25(35)29(33,6)7)16-28(4,5)26(36)37/h8-11,14-15H,12-13,16H2,1-7H3,(H,36,37). The molecule has 1 N–H and O–H groups in total. The summed E-state index contributed by atoms with van der Waals surface area (Å²) >= 11 is 6.07. The number of pyridine rings is 1. The van der Waals surface area contributed by atoms with Crippen LogP contribution < -0.4 is 0 Å². The predicted octanol–water partition coefficient (Wildman–Crippen LogP) is 5.62. The van der Waals surface area contributed by atoms with E-state index in [1.54, 1.807) is 45.9 Å². The molecule has 4 rings (SSSR count). The lowest BCUT2D eigenvalue weighted by molar-refractivity contribution is -0.154. The fourth-order valence-electron chi connectivity index (χ4n) is 4.74. The van der Waals surface area contributed by atoms with Crippen LogP contribution in [-0.4, -0.2) is 62.8 Å². The second-order valence-corrected chi connectivity index (χ2v) is 12.5. The molecule has 0 unspecified atom stereocenters. The number of furan rings is 1. The van der Waals surface area contributed by atoms with Crippen LogP contribution in [0.1, 0.15) is 64.6 Å². The van der Waals surface area contributed by atoms with Crippen molar-refractivity contribution in [2.24, 2.45) is 5.41 Å². The van der Waals surface area contributed by atoms with Crippen molar-refractivity contribution < 1.29 is 23.9 Å². The van der Waals surface area contributed by atoms with Crippen molar-refractivity contribution in [2.75, 3.05) is 19.6 Å². The number of carboxylic acids is 1. The van der Waals surface area contributed by atoms with Crippen LogP contribution in [0.25, 0.3) is 22.4 Å². The number of aliphatic carboxylic acids is 1. The van der Waals surface area contributed by atoms with E-state index in [1.807, 2.05) is 18.2 Å². The molecule has 0 radical (unpaired) electrons. The normalized spacial score (nSPS) is 16.3. The second-order valence-electron chi connectivity index (χ2n) is 12.1. The summed E-state index contributed by atoms with van der Waals surface area (Å²) in [4.78, 5) is 46.5. The monoisotopic (exact) mass is 539 g/mol. The molecule has 1 saturated heterocycles. The van der Waals surface area contributed by atoms with Gasteiger partial charge in [-0.05, 0) is 51.3 Å². The highest BCUT2D eigenvalue weighted by Crippen LogP contribution is 2.36. The zero-order valence-electron chi connectivity index (χ0n) is 22.9. The Kier molecular flexibility index (Phi) is 6.85. The molecule has 8 nitrogen and oxygen atoms in total. The number of hydrogen-bond acceptors (Lipinski definition) is 5. The van der Waals surface area contributed by atoms with Crippen LogP contribution in [0.5, 0.6) is 0 Å². The third-order valence-corrected chi connectivity index (χ3v) is 7.38. The summed E-state index contributed by atoms with van der Waals surface area (Å²) in [7, 11) is 0. The molecular formula is C29H34ClN3O5. The van der Waals surface area contributed by atoms with Crippen LogP contribution in [0.15, 0.2) is 40.8 Å². The Morgan fingerprint density at radius 3 is 2.29 bits per heavy atom. The van der Waals surface area contributed by atoms with E-state index in [2.05, 4.69) is 20.8 Å². The number of carbonyl (C=O) groups excluding carboxylic acids is 2. The number of halogens is 1. The molecule has 202 valence electrons. The van der Waals surface area contributed by atoms with Crippen LogP contribution in [0.2, 0.25) is 5.02 Å². The van der Waals surface area contributed by atoms with Crippen molar-refractivity contribution in [3.05, 3.63) is 52.7 Å². The van der Waals surface area contributed by atoms with Crippen LogP contribution in [0.3, 0.4) is 0 Å². The summed E-state index contributed by atoms with van der Waals surface area (Å²) in [6.07, 6.45) is 0. The van der Waals surface area contributed by atoms with Gasteiger partial charge in [-0.25, -0.2) is 4.98 Å². The van der Waals surface area contributed by atoms with Gasteiger partial charge in [-0.15, -0.1) is 0 Å². The molecule has 0 saturated carbocycles. The van der Waals surface area contributed by atoms with Crippen molar-refractivity contribution in [2.45, 2.75) is 59.4 Å². The molecule has 2 aromatic heterocycles. The third-order valence-electron chi connectivity index (χ3n) is 7.13. The van der Waals surface area contributed by atoms with Gasteiger partial charge in [-0.3, -0.25) is 14.4 Å². The molecular weight excluding hydrogens is 506 g/mol. The Morgan fingerprint density at radius 1 is 1.08 bits per heavy atom. The second kappa shape index (κ2) is 9.42. The molecule has 38 heavy (non-hydrogen) atoms. The first-order valence-electron chi connectivity index (χ1n) is 12.6. The molecule has 3 heterocycles. The molecule has 1 aliphatic heterocycles. The van der Waals surface area contributed by atoms with E-state index >= 15 is 0 Å². The highest BCUT2D eigenvalue weighted by molar-refractivity contribution is 6.30. The van der Waals surface area contributed by atoms with Gasteiger partial charge in [-0.2, -0.15) is 0 Å². The highest BCUT2D eigenvalue weighted by atomic mass is 35.5. The van der Waals surface area contributed by atoms with Gasteiger partial charge in [0.1, 0.15) is 11.1 Å². The Balaban J connectivity index is 1.70. The van der Waals surface area contributed by atoms with Gasteiger partial charge in [0.05, 0.1) is 11.1 Å². The minimum absolute atomic E-state index is 0.0591. The molecule has 2 amide bonds. The maximum absolute atomic E-state index is 13.7. The van der Waals surface area contributed by atoms with Gasteiger partial charge in [0, 0.05) is 41.9 Å². The number of aromatic nitrogens is 1. The SMILES string of the molecule is CC(C)(CN1CCN(C(=O)c2cc3nc(-c4ccc(Cl)cc4)cc(C(C)(C)C)c3o2)C(C)(C)C1=O)C(=O)O. The van der Waals surface area contributed by atoms with Crippen molar-refractivity contribution in [1.29, 1.82) is 0 Å². The number of rotatable bonds is 5. The van der Waals surface area contributed by atoms with Gasteiger partial charge in [0.15, 0.2) is 11.3 Å². The van der Waals surface area contributed by atoms with Crippen molar-refractivity contribution >= 4 is 40.5 Å². The number of piperazine rings is 1. The zero-order chi connectivity index (χ0) is 28.2. The number of fused-ring (bicyclic) bond motifs is 1. The van der Waals surface area contributed by atoms with E-state index in [1.165, 1.54) is 9.80 Å². The molecule has 0 bridgehead atoms. The molecule has 0 spiro atoms. The minimum atomic E-state index is -1.18. The van der Waals surface area contributed by atoms with Gasteiger partial charge in [0.25, 0.3) is 5.91 Å². The Bertz CT molecular complexity index is 1420. The molecule has 3 aromatic rings. The lowest BCUT2D eigenvalue weighted by Crippen LogP contribution is -2.65. The maximum Gasteiger partial charge on any atom is 0.310 e. The average molecular weight is 540 g/mol. The van der Waals surface area contributed by atoms with Crippen LogP contribution >= 0.6 is 11.6 Å². The molecule has 1 aliphatic rings. The fourth-order valence-corrected chi connectivity index (χ4v) is 4.87. The molecule has 9 heteroatoms. The Morgan fingerprint density at radius 2 is 1.71 bits per heavy atom. The van der Waals surface area contributed by atoms with Crippen LogP contribution in [0.4, 0.5) is 0 Å². The van der Waals surface area contributed by atoms with E-state index in [0.29, 0.717) is 16.1 Å². The number of amides is 2. The summed E-state index contributed by atoms with van der Waals surface area (Å²) in [6, 6.07) is 11.0. The predicted molar refractivity (Wildman–Crippen MR) is 146 cm³/mol. The third kappa shape index (κ3) is 5.01. The van der Waals surface area contributed by atoms with Crippen LogP contribution in [0, 0.1) is 5.41 Å². The first-order chi connectivity index (χ1) is 17.5. The van der Waals surface area contributed by atoms with Gasteiger partial charge in [-0.1, -0.05) is 44.5 Å². The van der Waals surface area contributed by atoms with Gasteiger partial charge >= 0.3 is 5.97 Å². The highest BCUT2D eigenvalue weighted by Gasteiger charge is 2.47. The fraction of sp³-hybridized carbons (Fsp3) is 0.448. The summed E-state index contributed by atoms with van der Waals surface area (Å²) in [5.74, 6) is -1.59. The first kappa shape index (κ1) is 27.6. The summed E-state index contributed by atoms with van der Waals surface area (Å²) in [5, 5.41) is 10.1. The average Bonchev–Trinajstić information content (AvgIpc) is 3.25. The number of carboxylic acid groups (broad SMARTS) is 1. The summed E-state index contributed by atoms with van der Waals surface area (Å²) in [6.45, 7) is 13.3. The maximum atomic E-state index is 13.7. The number of benzene rings is 1. The summed E-state index contributed by atoms with van der Waals surface area (Å²) in [5.41, 5.74) is 1.04. The molecule has 1 fully saturated rings. The lowest BCUT2D eigenvalue weighted by atomic mass is 9.86. The topological polar surface area (TPSA) is 104 Å². The lowest BCUT2D eigenvalue weighted by Gasteiger charge is -2.46. The Hall–Kier alpha value is -3.39. The zero-order valence-corrected chi connectivity index (χ0v) is 23.6. The summed E-state index contributed by atoms with van der Waals surface area (Å²) < 4.78 is 6.14. The number of hydrogen-bond donors (Lipinski definition) is 1. The Labute approximate surface area is 227 Å². The van der Waals surface area contributed by atoms with E-state index in [-0.39, 0.29) is 36.7 Å².